The smallest absolute Gasteiger partial charge is 0.168 e. The Morgan fingerprint density at radius 3 is 2.60 bits per heavy atom. The van der Waals surface area contributed by atoms with Crippen LogP contribution in [0.25, 0.3) is 0 Å². The van der Waals surface area contributed by atoms with Crippen molar-refractivity contribution in [2.75, 3.05) is 7.11 Å². The van der Waals surface area contributed by atoms with Crippen molar-refractivity contribution in [3.8, 4) is 5.75 Å². The molecule has 2 rings (SSSR count). The fourth-order valence-corrected chi connectivity index (χ4v) is 2.98. The van der Waals surface area contributed by atoms with E-state index in [-0.39, 0.29) is 5.78 Å². The maximum Gasteiger partial charge on any atom is 0.168 e. The van der Waals surface area contributed by atoms with Crippen molar-refractivity contribution in [3.63, 3.8) is 0 Å². The molecule has 0 aromatic heterocycles. The zero-order valence-corrected chi connectivity index (χ0v) is 14.5. The number of carbonyl (C=O) groups excluding carboxylic acids is 1. The van der Waals surface area contributed by atoms with Crippen LogP contribution in [0.1, 0.15) is 15.9 Å². The molecule has 104 valence electrons. The van der Waals surface area contributed by atoms with E-state index in [0.717, 1.165) is 20.3 Å². The highest BCUT2D eigenvalue weighted by Crippen LogP contribution is 2.27. The van der Waals surface area contributed by atoms with Crippen molar-refractivity contribution in [3.05, 3.63) is 61.5 Å². The van der Waals surface area contributed by atoms with Crippen molar-refractivity contribution in [1.82, 2.24) is 0 Å². The van der Waals surface area contributed by atoms with Crippen molar-refractivity contribution >= 4 is 49.2 Å². The number of carbonyl (C=O) groups is 1. The summed E-state index contributed by atoms with van der Waals surface area (Å²) in [5.41, 5.74) is 1.42. The van der Waals surface area contributed by atoms with Gasteiger partial charge < -0.3 is 4.74 Å². The summed E-state index contributed by atoms with van der Waals surface area (Å²) in [6.07, 6.45) is 0.290. The standard InChI is InChI=1S/C15H11Br2ClO2/c1-20-15-5-2-9(6-12(15)17)7-14(19)11-8-10(16)3-4-13(11)18/h2-6,8H,7H2,1H3. The average Bonchev–Trinajstić information content (AvgIpc) is 2.41. The molecular formula is C15H11Br2ClO2. The zero-order valence-electron chi connectivity index (χ0n) is 10.6. The lowest BCUT2D eigenvalue weighted by molar-refractivity contribution is 0.0993. The predicted molar refractivity (Wildman–Crippen MR) is 87.9 cm³/mol. The van der Waals surface area contributed by atoms with Gasteiger partial charge in [-0.05, 0) is 51.8 Å². The number of rotatable bonds is 4. The number of benzene rings is 2. The van der Waals surface area contributed by atoms with Crippen LogP contribution < -0.4 is 4.74 Å². The number of ketones is 1. The Kier molecular flexibility index (Phi) is 5.24. The van der Waals surface area contributed by atoms with Gasteiger partial charge in [0.05, 0.1) is 16.6 Å². The monoisotopic (exact) mass is 416 g/mol. The fraction of sp³-hybridized carbons (Fsp3) is 0.133. The van der Waals surface area contributed by atoms with E-state index in [1.54, 1.807) is 19.2 Å². The number of halogens is 3. The second kappa shape index (κ2) is 6.74. The first-order valence-corrected chi connectivity index (χ1v) is 7.78. The number of ether oxygens (including phenoxy) is 1. The lowest BCUT2D eigenvalue weighted by Gasteiger charge is -2.07. The van der Waals surface area contributed by atoms with Crippen LogP contribution in [0, 0.1) is 0 Å². The minimum absolute atomic E-state index is 0.0200. The SMILES string of the molecule is COc1ccc(CC(=O)c2cc(Br)ccc2Cl)cc1Br. The quantitative estimate of drug-likeness (QED) is 0.630. The van der Waals surface area contributed by atoms with Gasteiger partial charge in [0.2, 0.25) is 0 Å². The molecule has 0 aliphatic rings. The number of methoxy groups -OCH3 is 1. The van der Waals surface area contributed by atoms with Crippen LogP contribution in [-0.4, -0.2) is 12.9 Å². The van der Waals surface area contributed by atoms with Crippen LogP contribution in [-0.2, 0) is 6.42 Å². The first-order chi connectivity index (χ1) is 9.51. The van der Waals surface area contributed by atoms with Crippen LogP contribution in [0.15, 0.2) is 45.3 Å². The molecule has 2 nitrogen and oxygen atoms in total. The van der Waals surface area contributed by atoms with Gasteiger partial charge in [-0.25, -0.2) is 0 Å². The Morgan fingerprint density at radius 2 is 1.95 bits per heavy atom. The summed E-state index contributed by atoms with van der Waals surface area (Å²) in [6.45, 7) is 0. The van der Waals surface area contributed by atoms with Gasteiger partial charge in [0.15, 0.2) is 5.78 Å². The van der Waals surface area contributed by atoms with Crippen LogP contribution in [0.4, 0.5) is 0 Å². The second-order valence-corrected chi connectivity index (χ2v) is 6.37. The van der Waals surface area contributed by atoms with Crippen molar-refractivity contribution in [2.24, 2.45) is 0 Å². The highest BCUT2D eigenvalue weighted by atomic mass is 79.9. The van der Waals surface area contributed by atoms with E-state index >= 15 is 0 Å². The first kappa shape index (κ1) is 15.5. The molecule has 0 N–H and O–H groups in total. The van der Waals surface area contributed by atoms with Crippen LogP contribution >= 0.6 is 43.5 Å². The van der Waals surface area contributed by atoms with E-state index in [4.69, 9.17) is 16.3 Å². The molecule has 0 bridgehead atoms. The van der Waals surface area contributed by atoms with Gasteiger partial charge in [-0.2, -0.15) is 0 Å². The van der Waals surface area contributed by atoms with Crippen LogP contribution in [0.5, 0.6) is 5.75 Å². The Labute approximate surface area is 139 Å². The highest BCUT2D eigenvalue weighted by molar-refractivity contribution is 9.10. The van der Waals surface area contributed by atoms with E-state index < -0.39 is 0 Å². The maximum atomic E-state index is 12.3. The summed E-state index contributed by atoms with van der Waals surface area (Å²) in [7, 11) is 1.60. The molecule has 2 aromatic carbocycles. The summed E-state index contributed by atoms with van der Waals surface area (Å²) in [5, 5.41) is 0.464. The fourth-order valence-electron chi connectivity index (χ4n) is 1.81. The minimum Gasteiger partial charge on any atom is -0.496 e. The molecule has 0 saturated heterocycles. The van der Waals surface area contributed by atoms with Gasteiger partial charge in [0, 0.05) is 16.5 Å². The summed E-state index contributed by atoms with van der Waals surface area (Å²) in [5.74, 6) is 0.718. The van der Waals surface area contributed by atoms with Crippen molar-refractivity contribution in [1.29, 1.82) is 0 Å². The third kappa shape index (κ3) is 3.62. The normalized spacial score (nSPS) is 10.4. The molecule has 2 aromatic rings. The van der Waals surface area contributed by atoms with E-state index in [1.807, 2.05) is 24.3 Å². The minimum atomic E-state index is -0.0200. The third-order valence-corrected chi connectivity index (χ3v) is 4.25. The second-order valence-electron chi connectivity index (χ2n) is 4.19. The first-order valence-electron chi connectivity index (χ1n) is 5.82. The molecule has 0 amide bonds. The van der Waals surface area contributed by atoms with Gasteiger partial charge >= 0.3 is 0 Å². The molecule has 0 heterocycles. The molecular weight excluding hydrogens is 407 g/mol. The lowest BCUT2D eigenvalue weighted by atomic mass is 10.0. The Morgan fingerprint density at radius 1 is 1.20 bits per heavy atom. The van der Waals surface area contributed by atoms with Gasteiger partial charge in [-0.1, -0.05) is 33.6 Å². The summed E-state index contributed by atoms with van der Waals surface area (Å²) < 4.78 is 6.82. The summed E-state index contributed by atoms with van der Waals surface area (Å²) in [6, 6.07) is 10.8. The third-order valence-electron chi connectivity index (χ3n) is 2.81. The molecule has 0 fully saturated rings. The largest absolute Gasteiger partial charge is 0.496 e. The van der Waals surface area contributed by atoms with Gasteiger partial charge in [0.25, 0.3) is 0 Å². The molecule has 0 aliphatic carbocycles. The van der Waals surface area contributed by atoms with E-state index in [2.05, 4.69) is 31.9 Å². The topological polar surface area (TPSA) is 26.3 Å². The number of hydrogen-bond donors (Lipinski definition) is 0. The molecule has 0 atom stereocenters. The molecule has 0 radical (unpaired) electrons. The Bertz CT molecular complexity index is 656. The van der Waals surface area contributed by atoms with Crippen LogP contribution in [0.2, 0.25) is 5.02 Å². The highest BCUT2D eigenvalue weighted by Gasteiger charge is 2.12. The molecule has 5 heteroatoms. The molecule has 0 spiro atoms. The number of Topliss-reactive ketones (excluding diaryl/α,β-unsaturated/α-hetero) is 1. The zero-order chi connectivity index (χ0) is 14.7. The average molecular weight is 419 g/mol. The Hall–Kier alpha value is -0.840. The van der Waals surface area contributed by atoms with E-state index in [1.165, 1.54) is 0 Å². The molecule has 0 aliphatic heterocycles. The lowest BCUT2D eigenvalue weighted by Crippen LogP contribution is -2.04. The van der Waals surface area contributed by atoms with Gasteiger partial charge in [0.1, 0.15) is 5.75 Å². The number of hydrogen-bond acceptors (Lipinski definition) is 2. The summed E-state index contributed by atoms with van der Waals surface area (Å²) >= 11 is 12.8. The van der Waals surface area contributed by atoms with Crippen LogP contribution in [0.3, 0.4) is 0 Å². The predicted octanol–water partition coefficient (Wildman–Crippen LogP) is 5.30. The summed E-state index contributed by atoms with van der Waals surface area (Å²) in [4.78, 5) is 12.3. The molecule has 0 unspecified atom stereocenters. The van der Waals surface area contributed by atoms with E-state index in [9.17, 15) is 4.79 Å². The van der Waals surface area contributed by atoms with Gasteiger partial charge in [-0.15, -0.1) is 0 Å². The van der Waals surface area contributed by atoms with Crippen molar-refractivity contribution in [2.45, 2.75) is 6.42 Å². The maximum absolute atomic E-state index is 12.3. The van der Waals surface area contributed by atoms with E-state index in [0.29, 0.717) is 17.0 Å². The Balaban J connectivity index is 2.23. The molecule has 20 heavy (non-hydrogen) atoms. The van der Waals surface area contributed by atoms with Gasteiger partial charge in [-0.3, -0.25) is 4.79 Å². The van der Waals surface area contributed by atoms with Crippen molar-refractivity contribution < 1.29 is 9.53 Å². The molecule has 0 saturated carbocycles.